The van der Waals surface area contributed by atoms with Crippen molar-refractivity contribution in [2.24, 2.45) is 0 Å². The number of allylic oxidation sites excluding steroid dienone is 1. The van der Waals surface area contributed by atoms with Crippen LogP contribution < -0.4 is 4.72 Å². The van der Waals surface area contributed by atoms with Crippen LogP contribution >= 0.6 is 27.3 Å². The average Bonchev–Trinajstić information content (AvgIpc) is 3.42. The number of benzene rings is 2. The fourth-order valence-electron chi connectivity index (χ4n) is 2.84. The molecular weight excluding hydrogens is 514 g/mol. The maximum Gasteiger partial charge on any atom is 0.263 e. The molecule has 4 rings (SSSR count). The van der Waals surface area contributed by atoms with E-state index < -0.39 is 10.0 Å². The first kappa shape index (κ1) is 22.1. The number of nitrogens with one attached hydrogen (secondary N) is 1. The molecule has 8 nitrogen and oxygen atoms in total. The third-order valence-electron chi connectivity index (χ3n) is 4.47. The first-order valence-electron chi connectivity index (χ1n) is 9.26. The van der Waals surface area contributed by atoms with Crippen LogP contribution in [0, 0.1) is 6.92 Å². The summed E-state index contributed by atoms with van der Waals surface area (Å²) in [7, 11) is -3.75. The summed E-state index contributed by atoms with van der Waals surface area (Å²) in [6.07, 6.45) is 4.68. The highest BCUT2D eigenvalue weighted by Crippen LogP contribution is 2.20. The number of hydrogen-bond acceptors (Lipinski definition) is 7. The molecule has 0 bridgehead atoms. The molecule has 1 N–H and O–H groups in total. The third kappa shape index (κ3) is 4.85. The van der Waals surface area contributed by atoms with Crippen LogP contribution in [0.1, 0.15) is 21.7 Å². The largest absolute Gasteiger partial charge is 0.287 e. The Morgan fingerprint density at radius 3 is 2.50 bits per heavy atom. The van der Waals surface area contributed by atoms with E-state index in [0.717, 1.165) is 10.0 Å². The highest BCUT2D eigenvalue weighted by Gasteiger charge is 2.18. The van der Waals surface area contributed by atoms with Gasteiger partial charge in [-0.3, -0.25) is 9.52 Å². The summed E-state index contributed by atoms with van der Waals surface area (Å²) in [4.78, 5) is 16.6. The molecule has 0 fully saturated rings. The highest BCUT2D eigenvalue weighted by molar-refractivity contribution is 9.10. The molecule has 4 aromatic rings. The van der Waals surface area contributed by atoms with Gasteiger partial charge in [-0.2, -0.15) is 0 Å². The molecule has 11 heteroatoms. The Hall–Kier alpha value is -3.15. The number of ketones is 1. The average molecular weight is 530 g/mol. The van der Waals surface area contributed by atoms with Gasteiger partial charge in [0.2, 0.25) is 5.78 Å². The van der Waals surface area contributed by atoms with Crippen molar-refractivity contribution in [2.75, 3.05) is 4.72 Å². The Morgan fingerprint density at radius 2 is 1.84 bits per heavy atom. The molecule has 0 radical (unpaired) electrons. The van der Waals surface area contributed by atoms with Gasteiger partial charge in [0, 0.05) is 16.0 Å². The molecule has 162 valence electrons. The number of nitrogens with zero attached hydrogens (tertiary/aromatic N) is 4. The molecule has 0 amide bonds. The minimum absolute atomic E-state index is 0.0861. The number of anilines is 1. The second-order valence-corrected chi connectivity index (χ2v) is 10.1. The van der Waals surface area contributed by atoms with Crippen LogP contribution in [0.5, 0.6) is 0 Å². The Bertz CT molecular complexity index is 1380. The van der Waals surface area contributed by atoms with Gasteiger partial charge >= 0.3 is 0 Å². The summed E-state index contributed by atoms with van der Waals surface area (Å²) in [5.41, 5.74) is 2.24. The van der Waals surface area contributed by atoms with Gasteiger partial charge in [-0.15, -0.1) is 16.4 Å². The van der Waals surface area contributed by atoms with Crippen LogP contribution in [-0.4, -0.2) is 34.2 Å². The number of thiazole rings is 1. The molecule has 0 spiro atoms. The Balaban J connectivity index is 1.52. The number of aromatic nitrogens is 4. The lowest BCUT2D eigenvalue weighted by Gasteiger charge is -2.07. The van der Waals surface area contributed by atoms with Crippen molar-refractivity contribution >= 4 is 54.3 Å². The van der Waals surface area contributed by atoms with Gasteiger partial charge in [-0.05, 0) is 55.0 Å². The first-order chi connectivity index (χ1) is 15.3. The van der Waals surface area contributed by atoms with Crippen molar-refractivity contribution in [3.63, 3.8) is 0 Å². The van der Waals surface area contributed by atoms with E-state index in [2.05, 4.69) is 35.9 Å². The first-order valence-corrected chi connectivity index (χ1v) is 12.4. The van der Waals surface area contributed by atoms with E-state index in [0.29, 0.717) is 16.5 Å². The van der Waals surface area contributed by atoms with E-state index in [4.69, 9.17) is 0 Å². The lowest BCUT2D eigenvalue weighted by Crippen LogP contribution is -2.13. The van der Waals surface area contributed by atoms with Gasteiger partial charge in [-0.25, -0.2) is 18.1 Å². The molecule has 2 aromatic heterocycles. The second kappa shape index (κ2) is 9.15. The van der Waals surface area contributed by atoms with Gasteiger partial charge in [0.1, 0.15) is 0 Å². The van der Waals surface area contributed by atoms with Crippen molar-refractivity contribution in [3.05, 3.63) is 87.6 Å². The molecular formula is C21H16BrN5O3S2. The van der Waals surface area contributed by atoms with Crippen molar-refractivity contribution in [2.45, 2.75) is 11.8 Å². The van der Waals surface area contributed by atoms with Gasteiger partial charge in [0.25, 0.3) is 10.0 Å². The van der Waals surface area contributed by atoms with Crippen LogP contribution in [0.15, 0.2) is 75.6 Å². The number of hydrogen-bond donors (Lipinski definition) is 1. The van der Waals surface area contributed by atoms with Crippen molar-refractivity contribution in [1.29, 1.82) is 0 Å². The number of sulfonamides is 1. The van der Waals surface area contributed by atoms with E-state index in [-0.39, 0.29) is 16.4 Å². The van der Waals surface area contributed by atoms with Crippen LogP contribution in [0.25, 0.3) is 11.8 Å². The summed E-state index contributed by atoms with van der Waals surface area (Å²) >= 11 is 4.57. The zero-order chi connectivity index (χ0) is 22.7. The van der Waals surface area contributed by atoms with Gasteiger partial charge in [0.05, 0.1) is 16.3 Å². The molecule has 0 saturated carbocycles. The summed E-state index contributed by atoms with van der Waals surface area (Å²) in [5.74, 6) is -0.275. The molecule has 2 aromatic carbocycles. The molecule has 2 heterocycles. The molecule has 0 atom stereocenters. The standard InChI is InChI=1S/C21H16BrN5O3S2/c1-14-20(19(28)11-4-15-2-5-16(22)6-3-15)24-26-27(14)17-7-9-18(10-8-17)32(29,30)25-21-23-12-13-31-21/h2-13H,1H3,(H,23,25)/b11-4+. The van der Waals surface area contributed by atoms with Gasteiger partial charge in [-0.1, -0.05) is 39.4 Å². The zero-order valence-corrected chi connectivity index (χ0v) is 19.9. The Labute approximate surface area is 196 Å². The van der Waals surface area contributed by atoms with E-state index in [1.807, 2.05) is 24.3 Å². The van der Waals surface area contributed by atoms with Crippen LogP contribution in [0.4, 0.5) is 5.13 Å². The summed E-state index contributed by atoms with van der Waals surface area (Å²) in [5, 5.41) is 10.0. The molecule has 0 unspecified atom stereocenters. The summed E-state index contributed by atoms with van der Waals surface area (Å²) < 4.78 is 29.8. The zero-order valence-electron chi connectivity index (χ0n) is 16.6. The smallest absolute Gasteiger partial charge is 0.263 e. The van der Waals surface area contributed by atoms with Crippen molar-refractivity contribution in [3.8, 4) is 5.69 Å². The normalized spacial score (nSPS) is 11.7. The van der Waals surface area contributed by atoms with Gasteiger partial charge < -0.3 is 0 Å². The van der Waals surface area contributed by atoms with E-state index in [9.17, 15) is 13.2 Å². The SMILES string of the molecule is Cc1c(C(=O)/C=C/c2ccc(Br)cc2)nnn1-c1ccc(S(=O)(=O)Nc2nccs2)cc1. The van der Waals surface area contributed by atoms with E-state index in [1.165, 1.54) is 40.4 Å². The molecule has 0 aliphatic heterocycles. The molecule has 0 saturated heterocycles. The van der Waals surface area contributed by atoms with Crippen LogP contribution in [0.3, 0.4) is 0 Å². The van der Waals surface area contributed by atoms with Gasteiger partial charge in [0.15, 0.2) is 10.8 Å². The number of halogens is 1. The van der Waals surface area contributed by atoms with Crippen molar-refractivity contribution < 1.29 is 13.2 Å². The minimum atomic E-state index is -3.75. The van der Waals surface area contributed by atoms with Crippen molar-refractivity contribution in [1.82, 2.24) is 20.0 Å². The summed E-state index contributed by atoms with van der Waals surface area (Å²) in [6, 6.07) is 13.7. The lowest BCUT2D eigenvalue weighted by atomic mass is 10.1. The molecule has 0 aliphatic carbocycles. The number of carbonyl (C=O) groups excluding carboxylic acids is 1. The predicted octanol–water partition coefficient (Wildman–Crippen LogP) is 4.49. The number of rotatable bonds is 7. The highest BCUT2D eigenvalue weighted by atomic mass is 79.9. The predicted molar refractivity (Wildman–Crippen MR) is 127 cm³/mol. The second-order valence-electron chi connectivity index (χ2n) is 6.62. The van der Waals surface area contributed by atoms with E-state index >= 15 is 0 Å². The number of carbonyl (C=O) groups is 1. The minimum Gasteiger partial charge on any atom is -0.287 e. The molecule has 32 heavy (non-hydrogen) atoms. The fraction of sp³-hybridized carbons (Fsp3) is 0.0476. The summed E-state index contributed by atoms with van der Waals surface area (Å²) in [6.45, 7) is 1.73. The molecule has 0 aliphatic rings. The Morgan fingerprint density at radius 1 is 1.12 bits per heavy atom. The van der Waals surface area contributed by atoms with Crippen LogP contribution in [-0.2, 0) is 10.0 Å². The topological polar surface area (TPSA) is 107 Å². The quantitative estimate of drug-likeness (QED) is 0.279. The lowest BCUT2D eigenvalue weighted by molar-refractivity contribution is 0.104. The van der Waals surface area contributed by atoms with E-state index in [1.54, 1.807) is 30.5 Å². The van der Waals surface area contributed by atoms with Crippen LogP contribution in [0.2, 0.25) is 0 Å². The monoisotopic (exact) mass is 529 g/mol. The third-order valence-corrected chi connectivity index (χ3v) is 7.17. The maximum atomic E-state index is 12.6. The maximum absolute atomic E-state index is 12.6. The Kier molecular flexibility index (Phi) is 6.31. The fourth-order valence-corrected chi connectivity index (χ4v) is 4.89.